The fraction of sp³-hybridized carbons (Fsp3) is 0.357. The van der Waals surface area contributed by atoms with Gasteiger partial charge >= 0.3 is 0 Å². The van der Waals surface area contributed by atoms with Gasteiger partial charge in [-0.05, 0) is 42.7 Å². The van der Waals surface area contributed by atoms with Crippen LogP contribution in [-0.2, 0) is 11.3 Å². The number of pyridine rings is 1. The second-order valence-corrected chi connectivity index (χ2v) is 10.6. The molecule has 172 valence electrons. The third-order valence-corrected chi connectivity index (χ3v) is 7.67. The van der Waals surface area contributed by atoms with Gasteiger partial charge in [0.05, 0.1) is 49.7 Å². The van der Waals surface area contributed by atoms with Crippen LogP contribution in [0.4, 0.5) is 5.69 Å². The van der Waals surface area contributed by atoms with Crippen LogP contribution in [0.1, 0.15) is 31.2 Å². The van der Waals surface area contributed by atoms with Crippen LogP contribution in [0.5, 0.6) is 0 Å². The van der Waals surface area contributed by atoms with E-state index in [2.05, 4.69) is 97.5 Å². The van der Waals surface area contributed by atoms with Crippen LogP contribution in [0.2, 0.25) is 0 Å². The normalized spacial score (nSPS) is 14.8. The minimum atomic E-state index is 0.685. The van der Waals surface area contributed by atoms with Crippen LogP contribution in [-0.4, -0.2) is 45.0 Å². The molecule has 0 aliphatic carbocycles. The molecule has 4 rings (SSSR count). The Bertz CT molecular complexity index is 1150. The number of fused-ring (bicyclic) bond motifs is 2. The number of benzene rings is 2. The van der Waals surface area contributed by atoms with Gasteiger partial charge in [0.15, 0.2) is 12.7 Å². The molecule has 0 unspecified atom stereocenters. The number of aryl methyl sites for hydroxylation is 1. The van der Waals surface area contributed by atoms with Crippen LogP contribution < -0.4 is 9.47 Å². The number of unbranched alkanes of at least 4 members (excludes halogenated alkanes) is 2. The third kappa shape index (κ3) is 5.66. The van der Waals surface area contributed by atoms with Crippen LogP contribution in [0.15, 0.2) is 70.7 Å². The van der Waals surface area contributed by atoms with Crippen molar-refractivity contribution in [3.05, 3.63) is 71.4 Å². The molecule has 1 aromatic heterocycles. The summed E-state index contributed by atoms with van der Waals surface area (Å²) in [5.41, 5.74) is 3.82. The Hall–Kier alpha value is -2.63. The molecule has 0 fully saturated rings. The number of para-hydroxylation sites is 2. The SMILES string of the molecule is CN1/C(=C/c2cc[n+](CCC[N+](C)(C)CCCCC=O)c3ccccc23)Sc2ccccc21. The highest BCUT2D eigenvalue weighted by Gasteiger charge is 2.22. The molecule has 0 saturated heterocycles. The Morgan fingerprint density at radius 2 is 1.73 bits per heavy atom. The first-order valence-corrected chi connectivity index (χ1v) is 12.7. The molecule has 0 radical (unpaired) electrons. The van der Waals surface area contributed by atoms with E-state index in [1.807, 2.05) is 11.8 Å². The van der Waals surface area contributed by atoms with Crippen molar-refractivity contribution in [1.82, 2.24) is 0 Å². The maximum atomic E-state index is 10.5. The monoisotopic (exact) mass is 461 g/mol. The Morgan fingerprint density at radius 3 is 2.55 bits per heavy atom. The van der Waals surface area contributed by atoms with Crippen LogP contribution in [0.25, 0.3) is 17.0 Å². The molecule has 1 aliphatic heterocycles. The van der Waals surface area contributed by atoms with Crippen molar-refractivity contribution in [3.63, 3.8) is 0 Å². The van der Waals surface area contributed by atoms with E-state index in [1.165, 1.54) is 32.1 Å². The molecule has 0 saturated carbocycles. The molecule has 1 aliphatic rings. The lowest BCUT2D eigenvalue weighted by atomic mass is 10.1. The first-order valence-electron chi connectivity index (χ1n) is 11.9. The zero-order valence-corrected chi connectivity index (χ0v) is 20.9. The number of aldehydes is 1. The third-order valence-electron chi connectivity index (χ3n) is 6.51. The lowest BCUT2D eigenvalue weighted by Gasteiger charge is -2.29. The Labute approximate surface area is 202 Å². The highest BCUT2D eigenvalue weighted by atomic mass is 32.2. The van der Waals surface area contributed by atoms with Gasteiger partial charge in [-0.2, -0.15) is 4.57 Å². The number of aromatic nitrogens is 1. The van der Waals surface area contributed by atoms with Crippen molar-refractivity contribution in [2.24, 2.45) is 0 Å². The van der Waals surface area contributed by atoms with E-state index < -0.39 is 0 Å². The molecule has 0 N–H and O–H groups in total. The van der Waals surface area contributed by atoms with Crippen molar-refractivity contribution in [1.29, 1.82) is 0 Å². The number of hydrogen-bond acceptors (Lipinski definition) is 3. The van der Waals surface area contributed by atoms with E-state index in [9.17, 15) is 4.79 Å². The van der Waals surface area contributed by atoms with Crippen LogP contribution in [0, 0.1) is 0 Å². The average molecular weight is 462 g/mol. The van der Waals surface area contributed by atoms with Gasteiger partial charge < -0.3 is 14.2 Å². The van der Waals surface area contributed by atoms with Gasteiger partial charge in [0, 0.05) is 30.5 Å². The van der Waals surface area contributed by atoms with Crippen LogP contribution in [0.3, 0.4) is 0 Å². The Balaban J connectivity index is 1.48. The molecule has 2 aromatic carbocycles. The first-order chi connectivity index (χ1) is 16.0. The Kier molecular flexibility index (Phi) is 7.51. The fourth-order valence-electron chi connectivity index (χ4n) is 4.56. The number of nitrogens with zero attached hydrogens (tertiary/aromatic N) is 3. The quantitative estimate of drug-likeness (QED) is 0.172. The zero-order valence-electron chi connectivity index (χ0n) is 20.0. The zero-order chi connectivity index (χ0) is 23.3. The molecular formula is C28H35N3OS+2. The van der Waals surface area contributed by atoms with Gasteiger partial charge in [-0.15, -0.1) is 0 Å². The van der Waals surface area contributed by atoms with Crippen molar-refractivity contribution < 1.29 is 13.8 Å². The molecule has 4 nitrogen and oxygen atoms in total. The molecule has 5 heteroatoms. The van der Waals surface area contributed by atoms with E-state index in [-0.39, 0.29) is 0 Å². The molecule has 33 heavy (non-hydrogen) atoms. The summed E-state index contributed by atoms with van der Waals surface area (Å²) in [6.07, 6.45) is 9.52. The van der Waals surface area contributed by atoms with Gasteiger partial charge in [0.25, 0.3) is 0 Å². The lowest BCUT2D eigenvalue weighted by Crippen LogP contribution is -2.44. The van der Waals surface area contributed by atoms with Gasteiger partial charge in [0.2, 0.25) is 5.52 Å². The predicted octanol–water partition coefficient (Wildman–Crippen LogP) is 5.50. The second-order valence-electron chi connectivity index (χ2n) is 9.49. The van der Waals surface area contributed by atoms with Crippen molar-refractivity contribution in [2.75, 3.05) is 39.1 Å². The standard InChI is InChI=1S/C28H35N3OS/c1-29-26-14-7-8-15-27(26)33-28(29)22-23-16-18-30(25-13-6-5-12-24(23)25)17-11-20-31(2,3)19-9-4-10-21-32/h5-8,12-16,18,21-22H,4,9-11,17,19-20H2,1-3H3/q+2. The molecular weight excluding hydrogens is 426 g/mol. The van der Waals surface area contributed by atoms with E-state index >= 15 is 0 Å². The van der Waals surface area contributed by atoms with Gasteiger partial charge in [-0.25, -0.2) is 0 Å². The number of thioether (sulfide) groups is 1. The second kappa shape index (κ2) is 10.5. The smallest absolute Gasteiger partial charge is 0.213 e. The fourth-order valence-corrected chi connectivity index (χ4v) is 5.66. The van der Waals surface area contributed by atoms with Crippen LogP contribution >= 0.6 is 11.8 Å². The minimum Gasteiger partial charge on any atom is -0.338 e. The number of quaternary nitrogens is 1. The molecule has 0 atom stereocenters. The Morgan fingerprint density at radius 1 is 0.970 bits per heavy atom. The minimum absolute atomic E-state index is 0.685. The summed E-state index contributed by atoms with van der Waals surface area (Å²) in [6.45, 7) is 3.26. The summed E-state index contributed by atoms with van der Waals surface area (Å²) in [6, 6.07) is 19.6. The molecule has 0 bridgehead atoms. The van der Waals surface area contributed by atoms with Crippen molar-refractivity contribution in [2.45, 2.75) is 37.1 Å². The van der Waals surface area contributed by atoms with E-state index in [1.54, 1.807) is 0 Å². The number of carbonyl (C=O) groups excluding carboxylic acids is 1. The molecule has 2 heterocycles. The maximum Gasteiger partial charge on any atom is 0.213 e. The molecule has 3 aromatic rings. The van der Waals surface area contributed by atoms with Crippen molar-refractivity contribution >= 4 is 40.7 Å². The van der Waals surface area contributed by atoms with E-state index in [0.29, 0.717) is 6.42 Å². The number of rotatable bonds is 10. The topological polar surface area (TPSA) is 24.2 Å². The van der Waals surface area contributed by atoms with Crippen molar-refractivity contribution in [3.8, 4) is 0 Å². The van der Waals surface area contributed by atoms with E-state index in [0.717, 1.165) is 49.7 Å². The number of anilines is 1. The summed E-state index contributed by atoms with van der Waals surface area (Å²) >= 11 is 1.84. The summed E-state index contributed by atoms with van der Waals surface area (Å²) in [4.78, 5) is 14.1. The lowest BCUT2D eigenvalue weighted by molar-refractivity contribution is -0.892. The number of carbonyl (C=O) groups is 1. The summed E-state index contributed by atoms with van der Waals surface area (Å²) in [5.74, 6) is 0. The average Bonchev–Trinajstić information content (AvgIpc) is 3.13. The summed E-state index contributed by atoms with van der Waals surface area (Å²) in [5, 5.41) is 2.55. The number of hydrogen-bond donors (Lipinski definition) is 0. The van der Waals surface area contributed by atoms with Gasteiger partial charge in [0.1, 0.15) is 6.29 Å². The highest BCUT2D eigenvalue weighted by Crippen LogP contribution is 2.45. The van der Waals surface area contributed by atoms with Gasteiger partial charge in [-0.3, -0.25) is 0 Å². The predicted molar refractivity (Wildman–Crippen MR) is 139 cm³/mol. The first kappa shape index (κ1) is 23.5. The van der Waals surface area contributed by atoms with E-state index in [4.69, 9.17) is 0 Å². The molecule has 0 amide bonds. The van der Waals surface area contributed by atoms with Gasteiger partial charge in [-0.1, -0.05) is 36.0 Å². The highest BCUT2D eigenvalue weighted by molar-refractivity contribution is 8.03. The summed E-state index contributed by atoms with van der Waals surface area (Å²) < 4.78 is 3.40. The molecule has 0 spiro atoms. The largest absolute Gasteiger partial charge is 0.338 e. The summed E-state index contributed by atoms with van der Waals surface area (Å²) in [7, 11) is 6.74. The maximum absolute atomic E-state index is 10.5.